The third-order valence-corrected chi connectivity index (χ3v) is 6.17. The molecule has 0 saturated carbocycles. The molecule has 0 N–H and O–H groups in total. The van der Waals surface area contributed by atoms with Crippen molar-refractivity contribution in [3.63, 3.8) is 0 Å². The zero-order valence-corrected chi connectivity index (χ0v) is 15.9. The van der Waals surface area contributed by atoms with Gasteiger partial charge in [0.2, 0.25) is 0 Å². The molecule has 1 aliphatic rings. The lowest BCUT2D eigenvalue weighted by molar-refractivity contribution is 1.11. The largest absolute Gasteiger partial charge is 0.343 e. The summed E-state index contributed by atoms with van der Waals surface area (Å²) < 4.78 is 0. The first-order chi connectivity index (χ1) is 13.3. The summed E-state index contributed by atoms with van der Waals surface area (Å²) in [6, 6.07) is 34.7. The van der Waals surface area contributed by atoms with Crippen molar-refractivity contribution in [3.8, 4) is 22.3 Å². The summed E-state index contributed by atoms with van der Waals surface area (Å²) in [6.07, 6.45) is 0. The fourth-order valence-electron chi connectivity index (χ4n) is 3.61. The lowest BCUT2D eigenvalue weighted by Crippen LogP contribution is -2.14. The summed E-state index contributed by atoms with van der Waals surface area (Å²) in [5, 5.41) is 0. The van der Waals surface area contributed by atoms with Crippen LogP contribution in [-0.2, 0) is 0 Å². The lowest BCUT2D eigenvalue weighted by atomic mass is 10.0. The molecule has 0 spiro atoms. The van der Waals surface area contributed by atoms with Crippen LogP contribution in [0.5, 0.6) is 0 Å². The molecular weight excluding hydrogens is 346 g/mol. The summed E-state index contributed by atoms with van der Waals surface area (Å²) >= 11 is 1.86. The van der Waals surface area contributed by atoms with E-state index >= 15 is 0 Å². The van der Waals surface area contributed by atoms with Gasteiger partial charge in [0.25, 0.3) is 0 Å². The molecule has 130 valence electrons. The molecule has 2 heteroatoms. The van der Waals surface area contributed by atoms with Gasteiger partial charge in [0, 0.05) is 16.8 Å². The van der Waals surface area contributed by atoms with Crippen molar-refractivity contribution in [1.29, 1.82) is 0 Å². The maximum atomic E-state index is 2.31. The summed E-state index contributed by atoms with van der Waals surface area (Å²) in [5.41, 5.74) is 7.56. The Bertz CT molecular complexity index is 1010. The van der Waals surface area contributed by atoms with Crippen molar-refractivity contribution in [2.75, 3.05) is 11.9 Å². The molecule has 1 heterocycles. The molecule has 0 atom stereocenters. The first kappa shape index (κ1) is 16.2. The highest BCUT2D eigenvalue weighted by atomic mass is 32.2. The van der Waals surface area contributed by atoms with Gasteiger partial charge in [-0.1, -0.05) is 84.6 Å². The Hall–Kier alpha value is -2.97. The smallest absolute Gasteiger partial charge is 0.0550 e. The summed E-state index contributed by atoms with van der Waals surface area (Å²) in [6.45, 7) is 0. The first-order valence-electron chi connectivity index (χ1n) is 9.10. The summed E-state index contributed by atoms with van der Waals surface area (Å²) in [7, 11) is 2.15. The van der Waals surface area contributed by atoms with Crippen LogP contribution in [0.15, 0.2) is 107 Å². The molecule has 0 radical (unpaired) electrons. The van der Waals surface area contributed by atoms with Gasteiger partial charge in [-0.05, 0) is 46.5 Å². The van der Waals surface area contributed by atoms with Crippen LogP contribution in [0.2, 0.25) is 0 Å². The molecule has 27 heavy (non-hydrogen) atoms. The second kappa shape index (κ2) is 6.64. The number of rotatable bonds is 2. The minimum Gasteiger partial charge on any atom is -0.343 e. The Morgan fingerprint density at radius 1 is 0.519 bits per heavy atom. The van der Waals surface area contributed by atoms with E-state index in [2.05, 4.69) is 109 Å². The summed E-state index contributed by atoms with van der Waals surface area (Å²) in [5.74, 6) is 0. The molecule has 0 saturated heterocycles. The fraction of sp³-hybridized carbons (Fsp3) is 0.0400. The Morgan fingerprint density at radius 2 is 0.963 bits per heavy atom. The van der Waals surface area contributed by atoms with Gasteiger partial charge >= 0.3 is 0 Å². The maximum absolute atomic E-state index is 2.31. The van der Waals surface area contributed by atoms with Gasteiger partial charge in [-0.3, -0.25) is 0 Å². The second-order valence-corrected chi connectivity index (χ2v) is 7.84. The molecule has 4 aromatic carbocycles. The van der Waals surface area contributed by atoms with Crippen LogP contribution in [0.4, 0.5) is 11.4 Å². The van der Waals surface area contributed by atoms with E-state index in [1.807, 2.05) is 11.8 Å². The SMILES string of the molecule is CN1c2ccc(-c3ccccc3)cc2Sc2cc(-c3ccccc3)ccc21. The molecule has 0 unspecified atom stereocenters. The number of fused-ring (bicyclic) bond motifs is 2. The monoisotopic (exact) mass is 365 g/mol. The van der Waals surface area contributed by atoms with E-state index in [4.69, 9.17) is 0 Å². The Labute approximate surface area is 164 Å². The van der Waals surface area contributed by atoms with Crippen molar-refractivity contribution in [2.24, 2.45) is 0 Å². The molecule has 0 amide bonds. The van der Waals surface area contributed by atoms with Crippen molar-refractivity contribution in [1.82, 2.24) is 0 Å². The Kier molecular flexibility index (Phi) is 3.99. The number of hydrogen-bond acceptors (Lipinski definition) is 2. The predicted octanol–water partition coefficient (Wildman–Crippen LogP) is 7.25. The summed E-state index contributed by atoms with van der Waals surface area (Å²) in [4.78, 5) is 4.90. The number of anilines is 2. The average Bonchev–Trinajstić information content (AvgIpc) is 2.74. The van der Waals surface area contributed by atoms with Gasteiger partial charge in [-0.2, -0.15) is 0 Å². The predicted molar refractivity (Wildman–Crippen MR) is 116 cm³/mol. The highest BCUT2D eigenvalue weighted by Gasteiger charge is 2.21. The number of nitrogens with zero attached hydrogens (tertiary/aromatic N) is 1. The molecule has 0 aromatic heterocycles. The van der Waals surface area contributed by atoms with Crippen LogP contribution in [0.3, 0.4) is 0 Å². The molecule has 0 bridgehead atoms. The Morgan fingerprint density at radius 3 is 1.41 bits per heavy atom. The third-order valence-electron chi connectivity index (χ3n) is 5.08. The number of benzene rings is 4. The topological polar surface area (TPSA) is 3.24 Å². The van der Waals surface area contributed by atoms with Crippen molar-refractivity contribution in [3.05, 3.63) is 97.1 Å². The van der Waals surface area contributed by atoms with Gasteiger partial charge in [0.15, 0.2) is 0 Å². The molecular formula is C25H19NS. The van der Waals surface area contributed by atoms with E-state index in [0.717, 1.165) is 0 Å². The van der Waals surface area contributed by atoms with E-state index in [-0.39, 0.29) is 0 Å². The van der Waals surface area contributed by atoms with Gasteiger partial charge in [0.05, 0.1) is 11.4 Å². The van der Waals surface area contributed by atoms with Crippen LogP contribution < -0.4 is 4.90 Å². The minimum absolute atomic E-state index is 1.26. The van der Waals surface area contributed by atoms with Crippen LogP contribution in [0, 0.1) is 0 Å². The minimum atomic E-state index is 1.26. The van der Waals surface area contributed by atoms with Gasteiger partial charge in [0.1, 0.15) is 0 Å². The third kappa shape index (κ3) is 2.92. The molecule has 1 nitrogen and oxygen atoms in total. The fourth-order valence-corrected chi connectivity index (χ4v) is 4.84. The molecule has 0 aliphatic carbocycles. The van der Waals surface area contributed by atoms with Gasteiger partial charge in [-0.25, -0.2) is 0 Å². The van der Waals surface area contributed by atoms with Crippen LogP contribution in [-0.4, -0.2) is 7.05 Å². The van der Waals surface area contributed by atoms with Crippen molar-refractivity contribution >= 4 is 23.1 Å². The van der Waals surface area contributed by atoms with Crippen LogP contribution >= 0.6 is 11.8 Å². The molecule has 5 rings (SSSR count). The van der Waals surface area contributed by atoms with E-state index < -0.39 is 0 Å². The van der Waals surface area contributed by atoms with Gasteiger partial charge < -0.3 is 4.90 Å². The van der Waals surface area contributed by atoms with Crippen LogP contribution in [0.1, 0.15) is 0 Å². The van der Waals surface area contributed by atoms with Crippen molar-refractivity contribution < 1.29 is 0 Å². The van der Waals surface area contributed by atoms with Gasteiger partial charge in [-0.15, -0.1) is 0 Å². The molecule has 4 aromatic rings. The first-order valence-corrected chi connectivity index (χ1v) is 9.92. The maximum Gasteiger partial charge on any atom is 0.0550 e. The van der Waals surface area contributed by atoms with Crippen LogP contribution in [0.25, 0.3) is 22.3 Å². The molecule has 0 fully saturated rings. The van der Waals surface area contributed by atoms with E-state index in [1.165, 1.54) is 43.4 Å². The normalized spacial score (nSPS) is 12.4. The highest BCUT2D eigenvalue weighted by Crippen LogP contribution is 2.49. The average molecular weight is 366 g/mol. The highest BCUT2D eigenvalue weighted by molar-refractivity contribution is 7.99. The van der Waals surface area contributed by atoms with Crippen molar-refractivity contribution in [2.45, 2.75) is 9.79 Å². The molecule has 1 aliphatic heterocycles. The standard InChI is InChI=1S/C25H19NS/c1-26-22-14-12-20(18-8-4-2-5-9-18)16-24(22)27-25-17-21(13-15-23(25)26)19-10-6-3-7-11-19/h2-17H,1H3. The zero-order valence-electron chi connectivity index (χ0n) is 15.1. The zero-order chi connectivity index (χ0) is 18.2. The van der Waals surface area contributed by atoms with E-state index in [0.29, 0.717) is 0 Å². The lowest BCUT2D eigenvalue weighted by Gasteiger charge is -2.30. The Balaban J connectivity index is 1.57. The van der Waals surface area contributed by atoms with E-state index in [1.54, 1.807) is 0 Å². The number of hydrogen-bond donors (Lipinski definition) is 0. The van der Waals surface area contributed by atoms with E-state index in [9.17, 15) is 0 Å². The second-order valence-electron chi connectivity index (χ2n) is 6.76. The quantitative estimate of drug-likeness (QED) is 0.368.